The van der Waals surface area contributed by atoms with E-state index in [1.807, 2.05) is 0 Å². The average molecular weight is 264 g/mol. The van der Waals surface area contributed by atoms with Gasteiger partial charge in [0, 0.05) is 19.3 Å². The van der Waals surface area contributed by atoms with Crippen molar-refractivity contribution in [3.8, 4) is 0 Å². The number of carbonyl (C=O) groups excluding carboxylic acids is 3. The van der Waals surface area contributed by atoms with E-state index in [1.165, 1.54) is 0 Å². The summed E-state index contributed by atoms with van der Waals surface area (Å²) in [4.78, 5) is 35.0. The van der Waals surface area contributed by atoms with Crippen LogP contribution >= 0.6 is 0 Å². The zero-order valence-electron chi connectivity index (χ0n) is 11.4. The lowest BCUT2D eigenvalue weighted by Crippen LogP contribution is -2.31. The van der Waals surface area contributed by atoms with Gasteiger partial charge < -0.3 is 4.74 Å². The number of hydrogen-bond acceptors (Lipinski definition) is 4. The maximum atomic E-state index is 12.2. The highest BCUT2D eigenvalue weighted by molar-refractivity contribution is 5.99. The van der Waals surface area contributed by atoms with E-state index in [9.17, 15) is 14.4 Å². The Hall–Kier alpha value is -1.45. The summed E-state index contributed by atoms with van der Waals surface area (Å²) in [5.74, 6) is 0.169. The molecule has 1 fully saturated rings. The van der Waals surface area contributed by atoms with Crippen molar-refractivity contribution >= 4 is 17.5 Å². The van der Waals surface area contributed by atoms with Gasteiger partial charge >= 0.3 is 5.97 Å². The second-order valence-corrected chi connectivity index (χ2v) is 5.30. The van der Waals surface area contributed by atoms with Gasteiger partial charge in [-0.1, -0.05) is 5.57 Å². The van der Waals surface area contributed by atoms with E-state index in [0.29, 0.717) is 51.6 Å². The van der Waals surface area contributed by atoms with Crippen molar-refractivity contribution in [2.45, 2.75) is 51.9 Å². The van der Waals surface area contributed by atoms with E-state index in [1.54, 1.807) is 13.0 Å². The number of Topliss-reactive ketones (excluding diaryl/α,β-unsaturated/α-hetero) is 1. The van der Waals surface area contributed by atoms with Gasteiger partial charge in [-0.2, -0.15) is 0 Å². The van der Waals surface area contributed by atoms with Crippen LogP contribution in [-0.4, -0.2) is 24.1 Å². The molecule has 0 saturated heterocycles. The Morgan fingerprint density at radius 1 is 1.32 bits per heavy atom. The Balaban J connectivity index is 2.00. The minimum atomic E-state index is -0.444. The number of allylic oxidation sites excluding steroid dienone is 2. The van der Waals surface area contributed by atoms with Crippen LogP contribution in [-0.2, 0) is 19.1 Å². The van der Waals surface area contributed by atoms with E-state index in [2.05, 4.69) is 0 Å². The summed E-state index contributed by atoms with van der Waals surface area (Å²) >= 11 is 0. The third-order valence-corrected chi connectivity index (χ3v) is 4.19. The minimum Gasteiger partial charge on any atom is -0.466 e. The molecule has 0 heterocycles. The third-order valence-electron chi connectivity index (χ3n) is 4.19. The summed E-state index contributed by atoms with van der Waals surface area (Å²) in [6.45, 7) is 2.17. The highest BCUT2D eigenvalue weighted by atomic mass is 16.5. The summed E-state index contributed by atoms with van der Waals surface area (Å²) in [7, 11) is 0. The Morgan fingerprint density at radius 3 is 2.84 bits per heavy atom. The lowest BCUT2D eigenvalue weighted by atomic mass is 9.70. The summed E-state index contributed by atoms with van der Waals surface area (Å²) in [5.41, 5.74) is 0.554. The van der Waals surface area contributed by atoms with Crippen molar-refractivity contribution in [3.05, 3.63) is 11.6 Å². The molecule has 2 aliphatic rings. The quantitative estimate of drug-likeness (QED) is 0.715. The van der Waals surface area contributed by atoms with E-state index in [4.69, 9.17) is 4.74 Å². The van der Waals surface area contributed by atoms with Crippen LogP contribution in [0.25, 0.3) is 0 Å². The normalized spacial score (nSPS) is 26.1. The molecule has 0 spiro atoms. The number of ether oxygens (including phenoxy) is 1. The second kappa shape index (κ2) is 5.68. The monoisotopic (exact) mass is 264 g/mol. The highest BCUT2D eigenvalue weighted by Gasteiger charge is 2.47. The second-order valence-electron chi connectivity index (χ2n) is 5.30. The third kappa shape index (κ3) is 2.77. The molecule has 0 radical (unpaired) electrons. The van der Waals surface area contributed by atoms with Crippen LogP contribution in [0, 0.1) is 5.41 Å². The van der Waals surface area contributed by atoms with Crippen molar-refractivity contribution in [1.29, 1.82) is 0 Å². The number of ketones is 2. The first-order valence-electron chi connectivity index (χ1n) is 7.01. The first-order valence-corrected chi connectivity index (χ1v) is 7.01. The first-order chi connectivity index (χ1) is 9.08. The zero-order valence-corrected chi connectivity index (χ0v) is 11.4. The van der Waals surface area contributed by atoms with Crippen LogP contribution < -0.4 is 0 Å². The molecule has 19 heavy (non-hydrogen) atoms. The molecule has 4 heteroatoms. The first kappa shape index (κ1) is 14.0. The molecule has 4 nitrogen and oxygen atoms in total. The molecular weight excluding hydrogens is 244 g/mol. The van der Waals surface area contributed by atoms with Crippen LogP contribution in [0.15, 0.2) is 11.6 Å². The fourth-order valence-electron chi connectivity index (χ4n) is 3.21. The largest absolute Gasteiger partial charge is 0.466 e. The minimum absolute atomic E-state index is 0.130. The molecular formula is C15H20O4. The maximum Gasteiger partial charge on any atom is 0.305 e. The van der Waals surface area contributed by atoms with Crippen LogP contribution in [0.5, 0.6) is 0 Å². The van der Waals surface area contributed by atoms with E-state index >= 15 is 0 Å². The molecule has 0 aromatic rings. The van der Waals surface area contributed by atoms with Crippen LogP contribution in [0.4, 0.5) is 0 Å². The Kier molecular flexibility index (Phi) is 4.17. The van der Waals surface area contributed by atoms with Gasteiger partial charge in [-0.25, -0.2) is 0 Å². The topological polar surface area (TPSA) is 60.4 Å². The Labute approximate surface area is 113 Å². The molecule has 1 unspecified atom stereocenters. The highest BCUT2D eigenvalue weighted by Crippen LogP contribution is 2.49. The summed E-state index contributed by atoms with van der Waals surface area (Å²) in [6.07, 6.45) is 5.67. The van der Waals surface area contributed by atoms with Gasteiger partial charge in [-0.05, 0) is 38.7 Å². The van der Waals surface area contributed by atoms with Gasteiger partial charge in [0.1, 0.15) is 5.78 Å². The molecule has 0 amide bonds. The number of hydrogen-bond donors (Lipinski definition) is 0. The molecule has 0 aromatic carbocycles. The Morgan fingerprint density at radius 2 is 2.11 bits per heavy atom. The van der Waals surface area contributed by atoms with Crippen molar-refractivity contribution in [2.75, 3.05) is 6.61 Å². The van der Waals surface area contributed by atoms with Crippen LogP contribution in [0.2, 0.25) is 0 Å². The summed E-state index contributed by atoms with van der Waals surface area (Å²) < 4.78 is 4.89. The van der Waals surface area contributed by atoms with Gasteiger partial charge in [0.15, 0.2) is 5.78 Å². The lowest BCUT2D eigenvalue weighted by Gasteiger charge is -2.32. The molecule has 0 bridgehead atoms. The molecule has 0 aromatic heterocycles. The van der Waals surface area contributed by atoms with Crippen LogP contribution in [0.1, 0.15) is 51.9 Å². The van der Waals surface area contributed by atoms with Gasteiger partial charge in [-0.15, -0.1) is 0 Å². The average Bonchev–Trinajstić information content (AvgIpc) is 2.68. The number of esters is 1. The van der Waals surface area contributed by atoms with Gasteiger partial charge in [-0.3, -0.25) is 14.4 Å². The van der Waals surface area contributed by atoms with E-state index < -0.39 is 5.41 Å². The maximum absolute atomic E-state index is 12.2. The number of carbonyl (C=O) groups is 3. The molecule has 1 saturated carbocycles. The fraction of sp³-hybridized carbons (Fsp3) is 0.667. The van der Waals surface area contributed by atoms with Gasteiger partial charge in [0.05, 0.1) is 12.0 Å². The number of rotatable bonds is 5. The molecule has 0 N–H and O–H groups in total. The fourth-order valence-corrected chi connectivity index (χ4v) is 3.21. The predicted molar refractivity (Wildman–Crippen MR) is 69.5 cm³/mol. The lowest BCUT2D eigenvalue weighted by molar-refractivity contribution is -0.143. The summed E-state index contributed by atoms with van der Waals surface area (Å²) in [5, 5.41) is 0. The Bertz CT molecular complexity index is 435. The standard InChI is InChI=1S/C15H20O4/c1-2-19-14(18)4-3-8-15-9-7-12(16)10-11(15)5-6-13(15)17/h10H,2-9H2,1H3. The zero-order chi connectivity index (χ0) is 13.9. The molecule has 104 valence electrons. The molecule has 2 aliphatic carbocycles. The van der Waals surface area contributed by atoms with E-state index in [0.717, 1.165) is 5.57 Å². The number of fused-ring (bicyclic) bond motifs is 1. The van der Waals surface area contributed by atoms with Crippen molar-refractivity contribution in [2.24, 2.45) is 5.41 Å². The SMILES string of the molecule is CCOC(=O)CCCC12CCC(=O)C=C1CCC2=O. The van der Waals surface area contributed by atoms with Crippen molar-refractivity contribution < 1.29 is 19.1 Å². The van der Waals surface area contributed by atoms with Crippen LogP contribution in [0.3, 0.4) is 0 Å². The summed E-state index contributed by atoms with van der Waals surface area (Å²) in [6, 6.07) is 0. The van der Waals surface area contributed by atoms with Gasteiger partial charge in [0.25, 0.3) is 0 Å². The molecule has 2 rings (SSSR count). The van der Waals surface area contributed by atoms with Gasteiger partial charge in [0.2, 0.25) is 0 Å². The van der Waals surface area contributed by atoms with Crippen molar-refractivity contribution in [1.82, 2.24) is 0 Å². The smallest absolute Gasteiger partial charge is 0.305 e. The van der Waals surface area contributed by atoms with Crippen molar-refractivity contribution in [3.63, 3.8) is 0 Å². The predicted octanol–water partition coefficient (Wildman–Crippen LogP) is 2.36. The molecule has 1 atom stereocenters. The molecule has 0 aliphatic heterocycles. The van der Waals surface area contributed by atoms with E-state index in [-0.39, 0.29) is 17.5 Å².